The highest BCUT2D eigenvalue weighted by Crippen LogP contribution is 2.38. The van der Waals surface area contributed by atoms with Gasteiger partial charge in [-0.25, -0.2) is 14.4 Å². The molecule has 11 heteroatoms. The number of aryl methyl sites for hydroxylation is 1. The number of aromatic nitrogens is 5. The van der Waals surface area contributed by atoms with Crippen LogP contribution in [-0.4, -0.2) is 67.5 Å². The number of alkyl halides is 1. The fraction of sp³-hybridized carbons (Fsp3) is 0.314. The van der Waals surface area contributed by atoms with Gasteiger partial charge in [0.25, 0.3) is 11.4 Å². The topological polar surface area (TPSA) is 115 Å². The number of nitrogens with two attached hydrogens (primary N) is 1. The van der Waals surface area contributed by atoms with E-state index < -0.39 is 12.2 Å². The summed E-state index contributed by atoms with van der Waals surface area (Å²) in [6.45, 7) is 1.16. The van der Waals surface area contributed by atoms with Crippen molar-refractivity contribution in [2.24, 2.45) is 18.7 Å². The maximum atomic E-state index is 14.3. The van der Waals surface area contributed by atoms with Crippen molar-refractivity contribution in [1.82, 2.24) is 24.0 Å². The Morgan fingerprint density at radius 1 is 1.09 bits per heavy atom. The lowest BCUT2D eigenvalue weighted by Gasteiger charge is -2.33. The Morgan fingerprint density at radius 3 is 2.72 bits per heavy atom. The first kappa shape index (κ1) is 28.4. The van der Waals surface area contributed by atoms with Crippen LogP contribution in [0.5, 0.6) is 5.75 Å². The summed E-state index contributed by atoms with van der Waals surface area (Å²) < 4.78 is 25.5. The number of carbonyl (C=O) groups excluding carboxylic acids is 1. The highest BCUT2D eigenvalue weighted by atomic mass is 19.1. The first-order chi connectivity index (χ1) is 22.3. The Hall–Kier alpha value is -5.03. The van der Waals surface area contributed by atoms with E-state index in [1.807, 2.05) is 48.0 Å². The first-order valence-corrected chi connectivity index (χ1v) is 15.7. The largest absolute Gasteiger partial charge is 0.494 e. The van der Waals surface area contributed by atoms with E-state index in [4.69, 9.17) is 20.4 Å². The average Bonchev–Trinajstić information content (AvgIpc) is 3.72. The second-order valence-corrected chi connectivity index (χ2v) is 12.7. The quantitative estimate of drug-likeness (QED) is 0.203. The molecule has 1 amide bonds. The van der Waals surface area contributed by atoms with Crippen molar-refractivity contribution in [2.75, 3.05) is 20.2 Å². The van der Waals surface area contributed by atoms with E-state index in [0.717, 1.165) is 61.5 Å². The van der Waals surface area contributed by atoms with Crippen LogP contribution in [0.15, 0.2) is 66.9 Å². The maximum absolute atomic E-state index is 14.3. The van der Waals surface area contributed by atoms with Crippen LogP contribution < -0.4 is 15.2 Å². The van der Waals surface area contributed by atoms with Gasteiger partial charge in [-0.3, -0.25) is 10.0 Å². The Labute approximate surface area is 264 Å². The third-order valence-electron chi connectivity index (χ3n) is 9.30. The number of hydrogen-bond acceptors (Lipinski definition) is 6. The number of piperidine rings is 1. The second-order valence-electron chi connectivity index (χ2n) is 12.7. The third-order valence-corrected chi connectivity index (χ3v) is 9.30. The predicted molar refractivity (Wildman–Crippen MR) is 172 cm³/mol. The number of imidazole rings is 1. The zero-order chi connectivity index (χ0) is 31.7. The van der Waals surface area contributed by atoms with Crippen LogP contribution in [0.3, 0.4) is 0 Å². The van der Waals surface area contributed by atoms with Crippen molar-refractivity contribution in [3.8, 4) is 28.5 Å². The Bertz CT molecular complexity index is 2160. The number of methoxy groups -OCH3 is 1. The van der Waals surface area contributed by atoms with Crippen LogP contribution in [0.2, 0.25) is 0 Å². The molecular weight excluding hydrogens is 585 g/mol. The molecule has 1 aliphatic heterocycles. The summed E-state index contributed by atoms with van der Waals surface area (Å²) in [6.07, 6.45) is 3.07. The number of likely N-dealkylation sites (tertiary alicyclic amines) is 1. The predicted octanol–water partition coefficient (Wildman–Crippen LogP) is 4.86. The molecule has 6 aromatic rings. The molecule has 1 aliphatic carbocycles. The molecule has 0 radical (unpaired) electrons. The molecule has 234 valence electrons. The van der Waals surface area contributed by atoms with Crippen molar-refractivity contribution in [2.45, 2.75) is 38.0 Å². The lowest BCUT2D eigenvalue weighted by molar-refractivity contribution is -0.884. The van der Waals surface area contributed by atoms with Gasteiger partial charge in [-0.15, -0.1) is 0 Å². The minimum absolute atomic E-state index is 0.0251. The molecule has 2 aromatic carbocycles. The van der Waals surface area contributed by atoms with E-state index >= 15 is 0 Å². The smallest absolute Gasteiger partial charge is 0.264 e. The molecule has 5 heterocycles. The zero-order valence-electron chi connectivity index (χ0n) is 25.7. The van der Waals surface area contributed by atoms with Gasteiger partial charge >= 0.3 is 0 Å². The molecule has 0 spiro atoms. The number of hydrogen-bond donors (Lipinski definition) is 2. The highest BCUT2D eigenvalue weighted by Gasteiger charge is 2.30. The number of nitrogens with zero attached hydrogens (tertiary/aromatic N) is 6. The second kappa shape index (κ2) is 10.8. The van der Waals surface area contributed by atoms with Gasteiger partial charge in [0.1, 0.15) is 23.1 Å². The molecule has 46 heavy (non-hydrogen) atoms. The summed E-state index contributed by atoms with van der Waals surface area (Å²) in [5, 5.41) is 12.1. The minimum atomic E-state index is -1.14. The average molecular weight is 621 g/mol. The van der Waals surface area contributed by atoms with Crippen LogP contribution >= 0.6 is 0 Å². The number of fused-ring (bicyclic) bond motifs is 3. The fourth-order valence-corrected chi connectivity index (χ4v) is 6.82. The molecule has 2 aliphatic rings. The van der Waals surface area contributed by atoms with Gasteiger partial charge in [-0.05, 0) is 73.7 Å². The minimum Gasteiger partial charge on any atom is -0.494 e. The number of ether oxygens (including phenoxy) is 1. The van der Waals surface area contributed by atoms with E-state index in [1.165, 1.54) is 17.7 Å². The summed E-state index contributed by atoms with van der Waals surface area (Å²) in [4.78, 5) is 25.2. The summed E-state index contributed by atoms with van der Waals surface area (Å²) in [5.41, 5.74) is 12.1. The van der Waals surface area contributed by atoms with E-state index in [9.17, 15) is 14.4 Å². The van der Waals surface area contributed by atoms with Gasteiger partial charge < -0.3 is 24.5 Å². The lowest BCUT2D eigenvalue weighted by Crippen LogP contribution is -2.50. The van der Waals surface area contributed by atoms with Gasteiger partial charge in [0.2, 0.25) is 6.20 Å². The van der Waals surface area contributed by atoms with Crippen molar-refractivity contribution >= 4 is 38.9 Å². The zero-order valence-corrected chi connectivity index (χ0v) is 25.7. The summed E-state index contributed by atoms with van der Waals surface area (Å²) in [5.74, 6) is 1.54. The number of amides is 1. The van der Waals surface area contributed by atoms with Crippen LogP contribution in [0.4, 0.5) is 4.39 Å². The Morgan fingerprint density at radius 2 is 1.93 bits per heavy atom. The van der Waals surface area contributed by atoms with Crippen LogP contribution in [0.25, 0.3) is 55.7 Å². The molecule has 2 fully saturated rings. The number of pyridine rings is 2. The number of carbonyl (C=O) groups is 1. The SMILES string of the molecule is COc1cc(C(=O)N2C[C@H](N)C[C@@H](F)C2)cc2nc(-c3cc4ccc(-c5ccc6c(ccc[n+]6O)c5)nc4n3CC3CC3)n(C)c12. The number of halogens is 1. The third kappa shape index (κ3) is 4.82. The Kier molecular flexibility index (Phi) is 6.68. The van der Waals surface area contributed by atoms with Crippen LogP contribution in [0, 0.1) is 5.92 Å². The van der Waals surface area contributed by atoms with Gasteiger partial charge in [-0.2, -0.15) is 0 Å². The van der Waals surface area contributed by atoms with Crippen molar-refractivity contribution in [3.05, 3.63) is 72.4 Å². The Balaban J connectivity index is 1.23. The van der Waals surface area contributed by atoms with Gasteiger partial charge in [0, 0.05) is 59.6 Å². The normalized spacial score (nSPS) is 18.6. The molecule has 8 rings (SSSR count). The molecule has 10 nitrogen and oxygen atoms in total. The van der Waals surface area contributed by atoms with Crippen LogP contribution in [0.1, 0.15) is 29.6 Å². The molecule has 3 N–H and O–H groups in total. The summed E-state index contributed by atoms with van der Waals surface area (Å²) >= 11 is 0. The number of benzene rings is 2. The highest BCUT2D eigenvalue weighted by molar-refractivity contribution is 6.00. The monoisotopic (exact) mass is 620 g/mol. The summed E-state index contributed by atoms with van der Waals surface area (Å²) in [7, 11) is 3.53. The maximum Gasteiger partial charge on any atom is 0.264 e. The fourth-order valence-electron chi connectivity index (χ4n) is 6.82. The van der Waals surface area contributed by atoms with E-state index in [2.05, 4.69) is 16.7 Å². The van der Waals surface area contributed by atoms with E-state index in [0.29, 0.717) is 29.3 Å². The molecule has 1 saturated heterocycles. The molecule has 4 aromatic heterocycles. The lowest BCUT2D eigenvalue weighted by atomic mass is 10.0. The van der Waals surface area contributed by atoms with Crippen molar-refractivity contribution < 1.29 is 23.9 Å². The van der Waals surface area contributed by atoms with Crippen LogP contribution in [-0.2, 0) is 13.6 Å². The number of rotatable bonds is 6. The van der Waals surface area contributed by atoms with E-state index in [-0.39, 0.29) is 18.9 Å². The molecule has 1 saturated carbocycles. The van der Waals surface area contributed by atoms with Crippen molar-refractivity contribution in [3.63, 3.8) is 0 Å². The molecule has 0 unspecified atom stereocenters. The summed E-state index contributed by atoms with van der Waals surface area (Å²) in [6, 6.07) is 19.0. The van der Waals surface area contributed by atoms with Gasteiger partial charge in [-0.1, -0.05) is 0 Å². The van der Waals surface area contributed by atoms with Gasteiger partial charge in [0.05, 0.1) is 35.9 Å². The molecule has 2 atom stereocenters. The molecular formula is C35H35FN7O3+. The standard InChI is InChI=1S/C35H35FN7O3/c1-40-32-28(13-24(15-31(32)46-2)35(44)41-18-25(36)16-26(37)19-41)39-34(40)30-14-23-7-9-27(38-33(23)42(30)17-20-5-6-20)21-8-10-29-22(12-21)4-3-11-43(29)45/h3-4,7-15,20,25-26,45H,5-6,16-19,37H2,1-2H3/q+1/t25-,26-/m1/s1. The van der Waals surface area contributed by atoms with Gasteiger partial charge in [0.15, 0.2) is 5.82 Å². The first-order valence-electron chi connectivity index (χ1n) is 15.7. The van der Waals surface area contributed by atoms with Crippen molar-refractivity contribution in [1.29, 1.82) is 0 Å². The van der Waals surface area contributed by atoms with E-state index in [1.54, 1.807) is 25.4 Å². The molecule has 0 bridgehead atoms.